The molecule has 29 heavy (non-hydrogen) atoms. The number of piperazine rings is 1. The number of fused-ring (bicyclic) bond motifs is 1. The zero-order valence-electron chi connectivity index (χ0n) is 16.3. The molecule has 1 fully saturated rings. The van der Waals surface area contributed by atoms with E-state index in [1.165, 1.54) is 0 Å². The van der Waals surface area contributed by atoms with E-state index in [1.807, 2.05) is 36.1 Å². The maximum atomic E-state index is 12.5. The predicted octanol–water partition coefficient (Wildman–Crippen LogP) is 3.71. The van der Waals surface area contributed by atoms with Crippen LogP contribution in [-0.4, -0.2) is 53.6 Å². The number of nitrogens with zero attached hydrogens (tertiary/aromatic N) is 4. The molecule has 1 aliphatic heterocycles. The SMILES string of the molecule is Cc1nc2ccccc2nc1N1CCN(C(=O)CCOc2ccc(Cl)cc2)CC1. The number of anilines is 1. The number of halogens is 1. The summed E-state index contributed by atoms with van der Waals surface area (Å²) in [6, 6.07) is 15.0. The molecule has 0 bridgehead atoms. The molecule has 0 unspecified atom stereocenters. The quantitative estimate of drug-likeness (QED) is 0.641. The van der Waals surface area contributed by atoms with E-state index in [9.17, 15) is 4.79 Å². The van der Waals surface area contributed by atoms with E-state index in [0.29, 0.717) is 31.1 Å². The zero-order chi connectivity index (χ0) is 20.2. The van der Waals surface area contributed by atoms with Gasteiger partial charge < -0.3 is 14.5 Å². The molecule has 7 heteroatoms. The maximum Gasteiger partial charge on any atom is 0.226 e. The van der Waals surface area contributed by atoms with Crippen molar-refractivity contribution in [2.24, 2.45) is 0 Å². The van der Waals surface area contributed by atoms with Gasteiger partial charge in [-0.2, -0.15) is 0 Å². The Hall–Kier alpha value is -2.86. The minimum absolute atomic E-state index is 0.111. The first-order chi connectivity index (χ1) is 14.1. The van der Waals surface area contributed by atoms with Gasteiger partial charge in [-0.25, -0.2) is 9.97 Å². The monoisotopic (exact) mass is 410 g/mol. The lowest BCUT2D eigenvalue weighted by Crippen LogP contribution is -2.49. The molecule has 0 radical (unpaired) electrons. The summed E-state index contributed by atoms with van der Waals surface area (Å²) < 4.78 is 5.63. The second-order valence-corrected chi connectivity index (χ2v) is 7.48. The number of ether oxygens (including phenoxy) is 1. The van der Waals surface area contributed by atoms with Crippen molar-refractivity contribution >= 4 is 34.4 Å². The van der Waals surface area contributed by atoms with Crippen LogP contribution in [0, 0.1) is 6.92 Å². The van der Waals surface area contributed by atoms with E-state index in [-0.39, 0.29) is 5.91 Å². The lowest BCUT2D eigenvalue weighted by molar-refractivity contribution is -0.132. The molecule has 0 saturated carbocycles. The molecular formula is C22H23ClN4O2. The fourth-order valence-corrected chi connectivity index (χ4v) is 3.62. The van der Waals surface area contributed by atoms with Crippen molar-refractivity contribution in [2.75, 3.05) is 37.7 Å². The molecule has 0 atom stereocenters. The normalized spacial score (nSPS) is 14.3. The van der Waals surface area contributed by atoms with Crippen molar-refractivity contribution < 1.29 is 9.53 Å². The van der Waals surface area contributed by atoms with Crippen LogP contribution in [0.4, 0.5) is 5.82 Å². The molecule has 0 spiro atoms. The van der Waals surface area contributed by atoms with E-state index < -0.39 is 0 Å². The molecule has 150 valence electrons. The van der Waals surface area contributed by atoms with Crippen LogP contribution in [0.25, 0.3) is 11.0 Å². The Kier molecular flexibility index (Phi) is 5.81. The number of aromatic nitrogens is 2. The van der Waals surface area contributed by atoms with Gasteiger partial charge in [0.15, 0.2) is 5.82 Å². The number of aryl methyl sites for hydroxylation is 1. The molecule has 6 nitrogen and oxygen atoms in total. The molecule has 4 rings (SSSR count). The largest absolute Gasteiger partial charge is 0.493 e. The number of carbonyl (C=O) groups excluding carboxylic acids is 1. The molecule has 2 heterocycles. The molecule has 1 aliphatic rings. The Labute approximate surface area is 175 Å². The fourth-order valence-electron chi connectivity index (χ4n) is 3.49. The zero-order valence-corrected chi connectivity index (χ0v) is 17.1. The van der Waals surface area contributed by atoms with Gasteiger partial charge in [-0.3, -0.25) is 4.79 Å². The average Bonchev–Trinajstić information content (AvgIpc) is 2.75. The van der Waals surface area contributed by atoms with E-state index in [4.69, 9.17) is 21.3 Å². The number of rotatable bonds is 5. The van der Waals surface area contributed by atoms with E-state index in [2.05, 4.69) is 9.88 Å². The van der Waals surface area contributed by atoms with Crippen molar-refractivity contribution in [2.45, 2.75) is 13.3 Å². The first kappa shape index (κ1) is 19.5. The molecule has 0 N–H and O–H groups in total. The summed E-state index contributed by atoms with van der Waals surface area (Å²) in [4.78, 5) is 26.1. The molecule has 3 aromatic rings. The van der Waals surface area contributed by atoms with Crippen LogP contribution < -0.4 is 9.64 Å². The highest BCUT2D eigenvalue weighted by Crippen LogP contribution is 2.21. The minimum Gasteiger partial charge on any atom is -0.493 e. The Bertz CT molecular complexity index is 1000. The average molecular weight is 411 g/mol. The second-order valence-electron chi connectivity index (χ2n) is 7.04. The smallest absolute Gasteiger partial charge is 0.226 e. The Balaban J connectivity index is 1.30. The van der Waals surface area contributed by atoms with E-state index in [0.717, 1.165) is 41.4 Å². The van der Waals surface area contributed by atoms with Gasteiger partial charge in [-0.15, -0.1) is 0 Å². The predicted molar refractivity (Wildman–Crippen MR) is 115 cm³/mol. The Morgan fingerprint density at radius 2 is 1.66 bits per heavy atom. The van der Waals surface area contributed by atoms with Gasteiger partial charge in [0.1, 0.15) is 5.75 Å². The van der Waals surface area contributed by atoms with Crippen LogP contribution >= 0.6 is 11.6 Å². The summed E-state index contributed by atoms with van der Waals surface area (Å²) >= 11 is 5.86. The van der Waals surface area contributed by atoms with Crippen molar-refractivity contribution in [1.82, 2.24) is 14.9 Å². The van der Waals surface area contributed by atoms with E-state index in [1.54, 1.807) is 24.3 Å². The van der Waals surface area contributed by atoms with Gasteiger partial charge in [0.05, 0.1) is 29.8 Å². The van der Waals surface area contributed by atoms with Crippen LogP contribution in [0.1, 0.15) is 12.1 Å². The van der Waals surface area contributed by atoms with E-state index >= 15 is 0 Å². The highest BCUT2D eigenvalue weighted by atomic mass is 35.5. The second kappa shape index (κ2) is 8.66. The fraction of sp³-hybridized carbons (Fsp3) is 0.318. The van der Waals surface area contributed by atoms with Gasteiger partial charge in [0.2, 0.25) is 5.91 Å². The topological polar surface area (TPSA) is 58.6 Å². The number of hydrogen-bond donors (Lipinski definition) is 0. The summed E-state index contributed by atoms with van der Waals surface area (Å²) in [7, 11) is 0. The molecule has 1 saturated heterocycles. The standard InChI is InChI=1S/C22H23ClN4O2/c1-16-22(25-20-5-3-2-4-19(20)24-16)27-13-11-26(12-14-27)21(28)10-15-29-18-8-6-17(23)7-9-18/h2-9H,10-15H2,1H3. The van der Waals surface area contributed by atoms with Crippen LogP contribution in [0.15, 0.2) is 48.5 Å². The van der Waals surface area contributed by atoms with Crippen LogP contribution in [-0.2, 0) is 4.79 Å². The van der Waals surface area contributed by atoms with Gasteiger partial charge in [-0.05, 0) is 43.3 Å². The highest BCUT2D eigenvalue weighted by Gasteiger charge is 2.23. The van der Waals surface area contributed by atoms with Gasteiger partial charge in [0.25, 0.3) is 0 Å². The lowest BCUT2D eigenvalue weighted by Gasteiger charge is -2.36. The third kappa shape index (κ3) is 4.59. The van der Waals surface area contributed by atoms with Gasteiger partial charge in [0, 0.05) is 31.2 Å². The third-order valence-corrected chi connectivity index (χ3v) is 5.30. The lowest BCUT2D eigenvalue weighted by atomic mass is 10.2. The molecule has 1 aromatic heterocycles. The maximum absolute atomic E-state index is 12.5. The number of benzene rings is 2. The van der Waals surface area contributed by atoms with Crippen LogP contribution in [0.2, 0.25) is 5.02 Å². The summed E-state index contributed by atoms with van der Waals surface area (Å²) in [6.45, 7) is 5.19. The number of carbonyl (C=O) groups is 1. The van der Waals surface area contributed by atoms with Crippen molar-refractivity contribution in [1.29, 1.82) is 0 Å². The van der Waals surface area contributed by atoms with Gasteiger partial charge in [-0.1, -0.05) is 23.7 Å². The molecule has 1 amide bonds. The Morgan fingerprint density at radius 3 is 2.34 bits per heavy atom. The summed E-state index contributed by atoms with van der Waals surface area (Å²) in [5.41, 5.74) is 2.72. The van der Waals surface area contributed by atoms with Crippen molar-refractivity contribution in [3.05, 3.63) is 59.2 Å². The number of para-hydroxylation sites is 2. The summed E-state index contributed by atoms with van der Waals surface area (Å²) in [6.07, 6.45) is 0.359. The van der Waals surface area contributed by atoms with Crippen LogP contribution in [0.3, 0.4) is 0 Å². The first-order valence-corrected chi connectivity index (χ1v) is 10.1. The number of amides is 1. The van der Waals surface area contributed by atoms with Crippen LogP contribution in [0.5, 0.6) is 5.75 Å². The highest BCUT2D eigenvalue weighted by molar-refractivity contribution is 6.30. The molecular weight excluding hydrogens is 388 g/mol. The number of hydrogen-bond acceptors (Lipinski definition) is 5. The minimum atomic E-state index is 0.111. The molecule has 0 aliphatic carbocycles. The first-order valence-electron chi connectivity index (χ1n) is 9.74. The molecule has 2 aromatic carbocycles. The van der Waals surface area contributed by atoms with Crippen molar-refractivity contribution in [3.63, 3.8) is 0 Å². The summed E-state index contributed by atoms with van der Waals surface area (Å²) in [5, 5.41) is 0.664. The third-order valence-electron chi connectivity index (χ3n) is 5.05. The Morgan fingerprint density at radius 1 is 1.00 bits per heavy atom. The van der Waals surface area contributed by atoms with Crippen molar-refractivity contribution in [3.8, 4) is 5.75 Å². The van der Waals surface area contributed by atoms with Gasteiger partial charge >= 0.3 is 0 Å². The summed E-state index contributed by atoms with van der Waals surface area (Å²) in [5.74, 6) is 1.74.